The van der Waals surface area contributed by atoms with Crippen LogP contribution >= 0.6 is 0 Å². The van der Waals surface area contributed by atoms with Crippen LogP contribution in [0.3, 0.4) is 0 Å². The number of para-hydroxylation sites is 2. The van der Waals surface area contributed by atoms with Crippen molar-refractivity contribution in [3.8, 4) is 11.3 Å². The fourth-order valence-electron chi connectivity index (χ4n) is 3.21. The number of nitrogens with zero attached hydrogens (tertiary/aromatic N) is 2. The Balaban J connectivity index is 1.56. The van der Waals surface area contributed by atoms with Crippen molar-refractivity contribution in [2.45, 2.75) is 13.5 Å². The zero-order valence-electron chi connectivity index (χ0n) is 15.7. The number of aromatic nitrogens is 3. The molecule has 0 bridgehead atoms. The first-order valence-electron chi connectivity index (χ1n) is 9.01. The second-order valence-corrected chi connectivity index (χ2v) is 6.85. The third kappa shape index (κ3) is 3.44. The van der Waals surface area contributed by atoms with Gasteiger partial charge in [0.2, 0.25) is 0 Å². The summed E-state index contributed by atoms with van der Waals surface area (Å²) < 4.78 is 0. The molecule has 6 nitrogen and oxygen atoms in total. The lowest BCUT2D eigenvalue weighted by molar-refractivity contribution is 0.0780. The van der Waals surface area contributed by atoms with E-state index in [4.69, 9.17) is 0 Å². The number of aryl methyl sites for hydroxylation is 1. The third-order valence-corrected chi connectivity index (χ3v) is 4.64. The third-order valence-electron chi connectivity index (χ3n) is 4.64. The average molecular weight is 372 g/mol. The SMILES string of the molecule is Cc1cccc(-c2ccc(C(=O)N(C)Cc3nc4ccccc4[nH]3)c(=O)[nH]2)c1. The van der Waals surface area contributed by atoms with Gasteiger partial charge in [0.1, 0.15) is 11.4 Å². The number of hydrogen-bond donors (Lipinski definition) is 2. The van der Waals surface area contributed by atoms with Crippen LogP contribution in [-0.2, 0) is 6.54 Å². The van der Waals surface area contributed by atoms with Crippen LogP contribution in [-0.4, -0.2) is 32.8 Å². The highest BCUT2D eigenvalue weighted by Crippen LogP contribution is 2.17. The van der Waals surface area contributed by atoms with Gasteiger partial charge in [0.15, 0.2) is 0 Å². The number of imidazole rings is 1. The van der Waals surface area contributed by atoms with Crippen molar-refractivity contribution >= 4 is 16.9 Å². The van der Waals surface area contributed by atoms with Crippen LogP contribution < -0.4 is 5.56 Å². The molecule has 1 amide bonds. The standard InChI is InChI=1S/C22H20N4O2/c1-14-6-5-7-15(12-14)17-11-10-16(21(27)25-17)22(28)26(2)13-20-23-18-8-3-4-9-19(18)24-20/h3-12H,13H2,1-2H3,(H,23,24)(H,25,27). The monoisotopic (exact) mass is 372 g/mol. The lowest BCUT2D eigenvalue weighted by atomic mass is 10.1. The molecule has 2 N–H and O–H groups in total. The fourth-order valence-corrected chi connectivity index (χ4v) is 3.21. The summed E-state index contributed by atoms with van der Waals surface area (Å²) in [4.78, 5) is 37.2. The fraction of sp³-hybridized carbons (Fsp3) is 0.136. The highest BCUT2D eigenvalue weighted by atomic mass is 16.2. The molecule has 6 heteroatoms. The van der Waals surface area contributed by atoms with Gasteiger partial charge in [-0.25, -0.2) is 4.98 Å². The molecule has 2 heterocycles. The summed E-state index contributed by atoms with van der Waals surface area (Å²) >= 11 is 0. The summed E-state index contributed by atoms with van der Waals surface area (Å²) in [5, 5.41) is 0. The number of aromatic amines is 2. The molecule has 0 radical (unpaired) electrons. The van der Waals surface area contributed by atoms with Crippen LogP contribution in [0.15, 0.2) is 65.5 Å². The summed E-state index contributed by atoms with van der Waals surface area (Å²) in [7, 11) is 1.66. The van der Waals surface area contributed by atoms with Gasteiger partial charge in [-0.2, -0.15) is 0 Å². The highest BCUT2D eigenvalue weighted by Gasteiger charge is 2.17. The molecule has 0 unspecified atom stereocenters. The number of benzene rings is 2. The molecule has 0 atom stereocenters. The van der Waals surface area contributed by atoms with E-state index in [0.29, 0.717) is 11.5 Å². The van der Waals surface area contributed by atoms with Crippen molar-refractivity contribution in [1.82, 2.24) is 19.9 Å². The maximum absolute atomic E-state index is 12.8. The largest absolute Gasteiger partial charge is 0.340 e. The predicted molar refractivity (Wildman–Crippen MR) is 109 cm³/mol. The van der Waals surface area contributed by atoms with E-state index in [2.05, 4.69) is 15.0 Å². The second kappa shape index (κ2) is 7.15. The minimum absolute atomic E-state index is 0.106. The number of H-pyrrole nitrogens is 2. The Bertz CT molecular complexity index is 1190. The average Bonchev–Trinajstić information content (AvgIpc) is 3.09. The lowest BCUT2D eigenvalue weighted by Gasteiger charge is -2.15. The first-order valence-corrected chi connectivity index (χ1v) is 9.01. The van der Waals surface area contributed by atoms with E-state index >= 15 is 0 Å². The molecule has 4 aromatic rings. The number of carbonyl (C=O) groups is 1. The number of nitrogens with one attached hydrogen (secondary N) is 2. The number of amides is 1. The first kappa shape index (κ1) is 17.7. The van der Waals surface area contributed by atoms with Crippen molar-refractivity contribution in [2.75, 3.05) is 7.05 Å². The first-order chi connectivity index (χ1) is 13.5. The van der Waals surface area contributed by atoms with Crippen molar-refractivity contribution < 1.29 is 4.79 Å². The minimum atomic E-state index is -0.402. The Morgan fingerprint density at radius 3 is 2.61 bits per heavy atom. The number of carbonyl (C=O) groups excluding carboxylic acids is 1. The molecule has 0 aliphatic carbocycles. The van der Waals surface area contributed by atoms with E-state index in [1.807, 2.05) is 55.5 Å². The molecule has 0 fully saturated rings. The van der Waals surface area contributed by atoms with Gasteiger partial charge in [-0.3, -0.25) is 9.59 Å². The molecule has 28 heavy (non-hydrogen) atoms. The van der Waals surface area contributed by atoms with Crippen LogP contribution in [0.5, 0.6) is 0 Å². The lowest BCUT2D eigenvalue weighted by Crippen LogP contribution is -2.31. The van der Waals surface area contributed by atoms with Crippen molar-refractivity contribution in [1.29, 1.82) is 0 Å². The Morgan fingerprint density at radius 2 is 1.86 bits per heavy atom. The van der Waals surface area contributed by atoms with E-state index in [-0.39, 0.29) is 18.0 Å². The van der Waals surface area contributed by atoms with Gasteiger partial charge in [-0.05, 0) is 42.8 Å². The molecular formula is C22H20N4O2. The molecule has 2 aromatic carbocycles. The summed E-state index contributed by atoms with van der Waals surface area (Å²) in [5.41, 5.74) is 4.16. The van der Waals surface area contributed by atoms with Crippen LogP contribution in [0.25, 0.3) is 22.3 Å². The zero-order valence-corrected chi connectivity index (χ0v) is 15.7. The predicted octanol–water partition coefficient (Wildman–Crippen LogP) is 3.50. The number of rotatable bonds is 4. The van der Waals surface area contributed by atoms with E-state index in [0.717, 1.165) is 22.2 Å². The molecule has 0 aliphatic heterocycles. The summed E-state index contributed by atoms with van der Waals surface area (Å²) in [5.74, 6) is 0.322. The minimum Gasteiger partial charge on any atom is -0.340 e. The van der Waals surface area contributed by atoms with Crippen molar-refractivity contribution in [3.05, 3.63) is 88.0 Å². The molecule has 2 aromatic heterocycles. The van der Waals surface area contributed by atoms with Crippen molar-refractivity contribution in [2.24, 2.45) is 0 Å². The van der Waals surface area contributed by atoms with E-state index in [1.165, 1.54) is 4.90 Å². The normalized spacial score (nSPS) is 10.9. The molecule has 140 valence electrons. The molecule has 4 rings (SSSR count). The Kier molecular flexibility index (Phi) is 4.53. The summed E-state index contributed by atoms with van der Waals surface area (Å²) in [6, 6.07) is 18.9. The van der Waals surface area contributed by atoms with Gasteiger partial charge >= 0.3 is 0 Å². The van der Waals surface area contributed by atoms with Gasteiger partial charge in [0, 0.05) is 12.7 Å². The highest BCUT2D eigenvalue weighted by molar-refractivity contribution is 5.94. The Hall–Kier alpha value is -3.67. The van der Waals surface area contributed by atoms with Gasteiger partial charge in [0.25, 0.3) is 11.5 Å². The molecule has 0 aliphatic rings. The van der Waals surface area contributed by atoms with Gasteiger partial charge < -0.3 is 14.9 Å². The number of pyridine rings is 1. The van der Waals surface area contributed by atoms with E-state index in [9.17, 15) is 9.59 Å². The van der Waals surface area contributed by atoms with Gasteiger partial charge in [0.05, 0.1) is 17.6 Å². The number of hydrogen-bond acceptors (Lipinski definition) is 3. The van der Waals surface area contributed by atoms with Crippen LogP contribution in [0.2, 0.25) is 0 Å². The van der Waals surface area contributed by atoms with Crippen molar-refractivity contribution in [3.63, 3.8) is 0 Å². The molecular weight excluding hydrogens is 352 g/mol. The Morgan fingerprint density at radius 1 is 1.04 bits per heavy atom. The van der Waals surface area contributed by atoms with Crippen LogP contribution in [0.4, 0.5) is 0 Å². The zero-order chi connectivity index (χ0) is 19.7. The van der Waals surface area contributed by atoms with Crippen LogP contribution in [0, 0.1) is 6.92 Å². The Labute approximate surface area is 161 Å². The molecule has 0 spiro atoms. The molecule has 0 saturated carbocycles. The second-order valence-electron chi connectivity index (χ2n) is 6.85. The van der Waals surface area contributed by atoms with Gasteiger partial charge in [-0.1, -0.05) is 35.9 Å². The smallest absolute Gasteiger partial charge is 0.261 e. The summed E-state index contributed by atoms with van der Waals surface area (Å²) in [6.07, 6.45) is 0. The maximum Gasteiger partial charge on any atom is 0.261 e. The quantitative estimate of drug-likeness (QED) is 0.575. The topological polar surface area (TPSA) is 81.8 Å². The van der Waals surface area contributed by atoms with E-state index in [1.54, 1.807) is 19.2 Å². The maximum atomic E-state index is 12.8. The number of fused-ring (bicyclic) bond motifs is 1. The van der Waals surface area contributed by atoms with E-state index < -0.39 is 5.56 Å². The summed E-state index contributed by atoms with van der Waals surface area (Å²) in [6.45, 7) is 2.28. The van der Waals surface area contributed by atoms with Crippen LogP contribution in [0.1, 0.15) is 21.7 Å². The van der Waals surface area contributed by atoms with Gasteiger partial charge in [-0.15, -0.1) is 0 Å². The molecule has 0 saturated heterocycles.